The molecule has 2 aromatic carbocycles. The minimum absolute atomic E-state index is 0.0882. The average Bonchev–Trinajstić information content (AvgIpc) is 2.63. The number of rotatable bonds is 4. The third kappa shape index (κ3) is 3.94. The van der Waals surface area contributed by atoms with Gasteiger partial charge in [0.2, 0.25) is 0 Å². The first-order chi connectivity index (χ1) is 12.0. The van der Waals surface area contributed by atoms with E-state index in [0.29, 0.717) is 5.56 Å². The molecular weight excluding hydrogens is 308 g/mol. The van der Waals surface area contributed by atoms with Gasteiger partial charge in [-0.3, -0.25) is 9.78 Å². The van der Waals surface area contributed by atoms with E-state index >= 15 is 0 Å². The molecule has 0 fully saturated rings. The van der Waals surface area contributed by atoms with Crippen LogP contribution in [0.2, 0.25) is 0 Å². The number of carbonyl (C=O) groups excluding carboxylic acids is 1. The van der Waals surface area contributed by atoms with Gasteiger partial charge in [-0.25, -0.2) is 0 Å². The number of aryl methyl sites for hydroxylation is 3. The van der Waals surface area contributed by atoms with Crippen molar-refractivity contribution in [1.29, 1.82) is 0 Å². The molecule has 3 heteroatoms. The standard InChI is InChI=1S/C22H22N2O/c1-15-7-10-18(11-8-15)22(25)24-21(19-5-4-12-23-14-19)20-13-16(2)6-9-17(20)3/h4-14,21H,1-3H3,(H,24,25). The summed E-state index contributed by atoms with van der Waals surface area (Å²) in [5.74, 6) is -0.0882. The summed E-state index contributed by atoms with van der Waals surface area (Å²) in [5, 5.41) is 3.17. The fourth-order valence-electron chi connectivity index (χ4n) is 2.88. The van der Waals surface area contributed by atoms with Crippen LogP contribution in [-0.4, -0.2) is 10.9 Å². The first-order valence-electron chi connectivity index (χ1n) is 8.39. The van der Waals surface area contributed by atoms with Gasteiger partial charge in [0.25, 0.3) is 5.91 Å². The quantitative estimate of drug-likeness (QED) is 0.764. The maximum Gasteiger partial charge on any atom is 0.252 e. The van der Waals surface area contributed by atoms with Crippen molar-refractivity contribution in [3.05, 3.63) is 100 Å². The largest absolute Gasteiger partial charge is 0.341 e. The van der Waals surface area contributed by atoms with Gasteiger partial charge in [0.05, 0.1) is 6.04 Å². The van der Waals surface area contributed by atoms with Gasteiger partial charge in [-0.2, -0.15) is 0 Å². The number of carbonyl (C=O) groups is 1. The molecule has 0 bridgehead atoms. The summed E-state index contributed by atoms with van der Waals surface area (Å²) in [6.45, 7) is 6.14. The van der Waals surface area contributed by atoms with Gasteiger partial charge in [-0.15, -0.1) is 0 Å². The molecule has 1 N–H and O–H groups in total. The average molecular weight is 330 g/mol. The highest BCUT2D eigenvalue weighted by atomic mass is 16.1. The maximum absolute atomic E-state index is 12.8. The van der Waals surface area contributed by atoms with Crippen molar-refractivity contribution in [3.63, 3.8) is 0 Å². The summed E-state index contributed by atoms with van der Waals surface area (Å²) in [6, 6.07) is 17.6. The van der Waals surface area contributed by atoms with Crippen LogP contribution in [0.1, 0.15) is 44.2 Å². The van der Waals surface area contributed by atoms with E-state index in [-0.39, 0.29) is 11.9 Å². The molecule has 3 nitrogen and oxygen atoms in total. The van der Waals surface area contributed by atoms with Gasteiger partial charge in [0, 0.05) is 18.0 Å². The molecule has 0 radical (unpaired) electrons. The van der Waals surface area contributed by atoms with Crippen LogP contribution in [0.3, 0.4) is 0 Å². The molecule has 0 saturated heterocycles. The Hall–Kier alpha value is -2.94. The molecule has 0 aliphatic heterocycles. The molecule has 0 spiro atoms. The van der Waals surface area contributed by atoms with Crippen molar-refractivity contribution >= 4 is 5.91 Å². The number of aromatic nitrogens is 1. The lowest BCUT2D eigenvalue weighted by atomic mass is 9.94. The molecule has 0 aliphatic carbocycles. The van der Waals surface area contributed by atoms with E-state index < -0.39 is 0 Å². The Kier molecular flexibility index (Phi) is 4.94. The van der Waals surface area contributed by atoms with Gasteiger partial charge in [0.15, 0.2) is 0 Å². The van der Waals surface area contributed by atoms with Crippen molar-refractivity contribution in [1.82, 2.24) is 10.3 Å². The van der Waals surface area contributed by atoms with E-state index in [0.717, 1.165) is 22.3 Å². The lowest BCUT2D eigenvalue weighted by molar-refractivity contribution is 0.0943. The number of hydrogen-bond donors (Lipinski definition) is 1. The van der Waals surface area contributed by atoms with Gasteiger partial charge in [0.1, 0.15) is 0 Å². The van der Waals surface area contributed by atoms with Crippen LogP contribution in [0.4, 0.5) is 0 Å². The van der Waals surface area contributed by atoms with E-state index in [1.165, 1.54) is 5.56 Å². The summed E-state index contributed by atoms with van der Waals surface area (Å²) in [5.41, 5.74) is 6.16. The Morgan fingerprint density at radius 3 is 2.36 bits per heavy atom. The molecule has 3 rings (SSSR count). The Balaban J connectivity index is 1.98. The van der Waals surface area contributed by atoms with Crippen LogP contribution >= 0.6 is 0 Å². The number of benzene rings is 2. The Labute approximate surface area is 148 Å². The Bertz CT molecular complexity index is 870. The monoisotopic (exact) mass is 330 g/mol. The van der Waals surface area contributed by atoms with Crippen molar-refractivity contribution < 1.29 is 4.79 Å². The van der Waals surface area contributed by atoms with E-state index in [1.807, 2.05) is 49.5 Å². The van der Waals surface area contributed by atoms with E-state index in [4.69, 9.17) is 0 Å². The second-order valence-corrected chi connectivity index (χ2v) is 6.42. The number of amides is 1. The lowest BCUT2D eigenvalue weighted by Gasteiger charge is -2.22. The van der Waals surface area contributed by atoms with Crippen molar-refractivity contribution in [2.75, 3.05) is 0 Å². The van der Waals surface area contributed by atoms with Gasteiger partial charge in [-0.1, -0.05) is 47.5 Å². The number of nitrogens with zero attached hydrogens (tertiary/aromatic N) is 1. The normalized spacial score (nSPS) is 11.8. The first-order valence-corrected chi connectivity index (χ1v) is 8.39. The Morgan fingerprint density at radius 2 is 1.68 bits per heavy atom. The summed E-state index contributed by atoms with van der Waals surface area (Å²) in [7, 11) is 0. The van der Waals surface area contributed by atoms with Crippen LogP contribution in [0.15, 0.2) is 67.0 Å². The van der Waals surface area contributed by atoms with Crippen LogP contribution in [-0.2, 0) is 0 Å². The summed E-state index contributed by atoms with van der Waals surface area (Å²) >= 11 is 0. The van der Waals surface area contributed by atoms with Gasteiger partial charge in [-0.05, 0) is 55.7 Å². The van der Waals surface area contributed by atoms with Gasteiger partial charge >= 0.3 is 0 Å². The van der Waals surface area contributed by atoms with Crippen LogP contribution in [0, 0.1) is 20.8 Å². The maximum atomic E-state index is 12.8. The summed E-state index contributed by atoms with van der Waals surface area (Å²) in [6.07, 6.45) is 3.55. The summed E-state index contributed by atoms with van der Waals surface area (Å²) < 4.78 is 0. The van der Waals surface area contributed by atoms with E-state index in [9.17, 15) is 4.79 Å². The zero-order chi connectivity index (χ0) is 17.8. The minimum atomic E-state index is -0.234. The van der Waals surface area contributed by atoms with Crippen molar-refractivity contribution in [3.8, 4) is 0 Å². The molecule has 3 aromatic rings. The highest BCUT2D eigenvalue weighted by Gasteiger charge is 2.20. The minimum Gasteiger partial charge on any atom is -0.341 e. The van der Waals surface area contributed by atoms with Crippen LogP contribution in [0.25, 0.3) is 0 Å². The first kappa shape index (κ1) is 16.9. The molecule has 1 aromatic heterocycles. The molecular formula is C22H22N2O. The molecule has 1 amide bonds. The molecule has 0 saturated carbocycles. The molecule has 1 heterocycles. The molecule has 1 atom stereocenters. The molecule has 126 valence electrons. The van der Waals surface area contributed by atoms with E-state index in [2.05, 4.69) is 42.3 Å². The zero-order valence-corrected chi connectivity index (χ0v) is 14.8. The smallest absolute Gasteiger partial charge is 0.252 e. The second kappa shape index (κ2) is 7.31. The number of hydrogen-bond acceptors (Lipinski definition) is 2. The van der Waals surface area contributed by atoms with Crippen LogP contribution in [0.5, 0.6) is 0 Å². The van der Waals surface area contributed by atoms with Crippen LogP contribution < -0.4 is 5.32 Å². The molecule has 0 aliphatic rings. The predicted octanol–water partition coefficient (Wildman–Crippen LogP) is 4.53. The van der Waals surface area contributed by atoms with Gasteiger partial charge < -0.3 is 5.32 Å². The van der Waals surface area contributed by atoms with Crippen molar-refractivity contribution in [2.45, 2.75) is 26.8 Å². The fraction of sp³-hybridized carbons (Fsp3) is 0.182. The number of nitrogens with one attached hydrogen (secondary N) is 1. The molecule has 25 heavy (non-hydrogen) atoms. The summed E-state index contributed by atoms with van der Waals surface area (Å²) in [4.78, 5) is 17.0. The lowest BCUT2D eigenvalue weighted by Crippen LogP contribution is -2.30. The zero-order valence-electron chi connectivity index (χ0n) is 14.8. The Morgan fingerprint density at radius 1 is 0.960 bits per heavy atom. The third-order valence-electron chi connectivity index (χ3n) is 4.35. The fourth-order valence-corrected chi connectivity index (χ4v) is 2.88. The highest BCUT2D eigenvalue weighted by Crippen LogP contribution is 2.26. The third-order valence-corrected chi connectivity index (χ3v) is 4.35. The SMILES string of the molecule is Cc1ccc(C(=O)NC(c2cccnc2)c2cc(C)ccc2C)cc1. The van der Waals surface area contributed by atoms with Crippen molar-refractivity contribution in [2.24, 2.45) is 0 Å². The molecule has 1 unspecified atom stereocenters. The highest BCUT2D eigenvalue weighted by molar-refractivity contribution is 5.94. The van der Waals surface area contributed by atoms with E-state index in [1.54, 1.807) is 6.20 Å². The topological polar surface area (TPSA) is 42.0 Å². The second-order valence-electron chi connectivity index (χ2n) is 6.42. The predicted molar refractivity (Wildman–Crippen MR) is 101 cm³/mol. The number of pyridine rings is 1.